The summed E-state index contributed by atoms with van der Waals surface area (Å²) >= 11 is 0. The number of hydrogen-bond acceptors (Lipinski definition) is 3. The lowest BCUT2D eigenvalue weighted by Gasteiger charge is -2.27. The van der Waals surface area contributed by atoms with Crippen molar-refractivity contribution in [1.82, 2.24) is 0 Å². The smallest absolute Gasteiger partial charge is 0.416 e. The van der Waals surface area contributed by atoms with Crippen molar-refractivity contribution in [2.75, 3.05) is 10.6 Å². The fraction of sp³-hybridized carbons (Fsp3) is 0.333. The van der Waals surface area contributed by atoms with Crippen LogP contribution in [0.15, 0.2) is 18.2 Å². The molecule has 108 valence electrons. The minimum absolute atomic E-state index is 0.0383. The maximum atomic E-state index is 12.5. The van der Waals surface area contributed by atoms with Gasteiger partial charge < -0.3 is 15.7 Å². The van der Waals surface area contributed by atoms with Gasteiger partial charge in [-0.1, -0.05) is 0 Å². The molecule has 3 N–H and O–H groups in total. The molecule has 20 heavy (non-hydrogen) atoms. The van der Waals surface area contributed by atoms with Crippen molar-refractivity contribution in [3.8, 4) is 0 Å². The van der Waals surface area contributed by atoms with Gasteiger partial charge in [-0.25, -0.2) is 0 Å². The van der Waals surface area contributed by atoms with Crippen molar-refractivity contribution in [2.24, 2.45) is 0 Å². The summed E-state index contributed by atoms with van der Waals surface area (Å²) in [4.78, 5) is 22.1. The molecule has 1 aliphatic rings. The standard InChI is InChI=1S/C12H11F3N2O3/c13-12(14,15)6-1-2-7-9(5-6)17-11(20)8(16-7)3-4-10(18)19/h1-2,5,8,16H,3-4H2,(H,17,20)(H,18,19). The van der Waals surface area contributed by atoms with Gasteiger partial charge in [0.05, 0.1) is 16.9 Å². The molecule has 1 atom stereocenters. The summed E-state index contributed by atoms with van der Waals surface area (Å²) in [5.41, 5.74) is -0.480. The largest absolute Gasteiger partial charge is 0.481 e. The van der Waals surface area contributed by atoms with Crippen LogP contribution in [0.2, 0.25) is 0 Å². The number of aliphatic carboxylic acids is 1. The molecule has 1 aliphatic heterocycles. The summed E-state index contributed by atoms with van der Waals surface area (Å²) in [7, 11) is 0. The van der Waals surface area contributed by atoms with Crippen LogP contribution in [0.3, 0.4) is 0 Å². The van der Waals surface area contributed by atoms with Crippen molar-refractivity contribution >= 4 is 23.3 Å². The van der Waals surface area contributed by atoms with Gasteiger partial charge in [-0.15, -0.1) is 0 Å². The molecule has 0 fully saturated rings. The van der Waals surface area contributed by atoms with Crippen LogP contribution in [0.5, 0.6) is 0 Å². The van der Waals surface area contributed by atoms with Crippen LogP contribution in [0, 0.1) is 0 Å². The van der Waals surface area contributed by atoms with Gasteiger partial charge in [0.2, 0.25) is 5.91 Å². The quantitative estimate of drug-likeness (QED) is 0.797. The topological polar surface area (TPSA) is 78.4 Å². The molecule has 1 heterocycles. The van der Waals surface area contributed by atoms with Gasteiger partial charge >= 0.3 is 12.1 Å². The number of nitrogens with one attached hydrogen (secondary N) is 2. The Hall–Kier alpha value is -2.25. The third-order valence-electron chi connectivity index (χ3n) is 2.90. The van der Waals surface area contributed by atoms with E-state index in [1.807, 2.05) is 0 Å². The first-order chi connectivity index (χ1) is 9.27. The second-order valence-electron chi connectivity index (χ2n) is 4.38. The van der Waals surface area contributed by atoms with Gasteiger partial charge in [0.1, 0.15) is 6.04 Å². The van der Waals surface area contributed by atoms with Crippen LogP contribution < -0.4 is 10.6 Å². The fourth-order valence-electron chi connectivity index (χ4n) is 1.89. The molecule has 1 amide bonds. The van der Waals surface area contributed by atoms with Crippen LogP contribution in [-0.2, 0) is 15.8 Å². The molecule has 1 aromatic rings. The van der Waals surface area contributed by atoms with E-state index in [0.29, 0.717) is 5.69 Å². The van der Waals surface area contributed by atoms with E-state index in [4.69, 9.17) is 5.11 Å². The maximum Gasteiger partial charge on any atom is 0.416 e. The van der Waals surface area contributed by atoms with Gasteiger partial charge in [0, 0.05) is 6.42 Å². The number of anilines is 2. The highest BCUT2D eigenvalue weighted by molar-refractivity contribution is 6.03. The van der Waals surface area contributed by atoms with Gasteiger partial charge in [-0.2, -0.15) is 13.2 Å². The zero-order valence-corrected chi connectivity index (χ0v) is 10.1. The van der Waals surface area contributed by atoms with Crippen molar-refractivity contribution in [3.63, 3.8) is 0 Å². The number of amides is 1. The number of halogens is 3. The monoisotopic (exact) mass is 288 g/mol. The summed E-state index contributed by atoms with van der Waals surface area (Å²) in [6.07, 6.45) is -4.64. The van der Waals surface area contributed by atoms with E-state index >= 15 is 0 Å². The molecule has 0 aliphatic carbocycles. The number of fused-ring (bicyclic) bond motifs is 1. The molecule has 0 bridgehead atoms. The van der Waals surface area contributed by atoms with E-state index in [1.54, 1.807) is 0 Å². The van der Waals surface area contributed by atoms with E-state index in [2.05, 4.69) is 10.6 Å². The Morgan fingerprint density at radius 2 is 2.00 bits per heavy atom. The number of carbonyl (C=O) groups excluding carboxylic acids is 1. The highest BCUT2D eigenvalue weighted by Gasteiger charge is 2.33. The van der Waals surface area contributed by atoms with Crippen LogP contribution in [-0.4, -0.2) is 23.0 Å². The summed E-state index contributed by atoms with van der Waals surface area (Å²) in [5.74, 6) is -1.59. The third kappa shape index (κ3) is 3.01. The van der Waals surface area contributed by atoms with Crippen LogP contribution >= 0.6 is 0 Å². The van der Waals surface area contributed by atoms with Crippen LogP contribution in [0.1, 0.15) is 18.4 Å². The van der Waals surface area contributed by atoms with Crippen LogP contribution in [0.4, 0.5) is 24.5 Å². The minimum Gasteiger partial charge on any atom is -0.481 e. The number of carbonyl (C=O) groups is 2. The Labute approximate surface area is 111 Å². The Bertz CT molecular complexity index is 557. The van der Waals surface area contributed by atoms with Gasteiger partial charge in [0.25, 0.3) is 0 Å². The van der Waals surface area contributed by atoms with Gasteiger partial charge in [-0.05, 0) is 24.6 Å². The van der Waals surface area contributed by atoms with Crippen LogP contribution in [0.25, 0.3) is 0 Å². The van der Waals surface area contributed by atoms with E-state index in [1.165, 1.54) is 6.07 Å². The SMILES string of the molecule is O=C(O)CCC1Nc2ccc(C(F)(F)F)cc2NC1=O. The summed E-state index contributed by atoms with van der Waals surface area (Å²) in [6.45, 7) is 0. The zero-order chi connectivity index (χ0) is 14.9. The van der Waals surface area contributed by atoms with Gasteiger partial charge in [-0.3, -0.25) is 9.59 Å². The molecule has 2 rings (SSSR count). The number of carboxylic acid groups (broad SMARTS) is 1. The fourth-order valence-corrected chi connectivity index (χ4v) is 1.89. The number of rotatable bonds is 3. The molecule has 0 aromatic heterocycles. The number of alkyl halides is 3. The van der Waals surface area contributed by atoms with Crippen molar-refractivity contribution in [1.29, 1.82) is 0 Å². The minimum atomic E-state index is -4.49. The second kappa shape index (κ2) is 5.03. The molecular weight excluding hydrogens is 277 g/mol. The van der Waals surface area contributed by atoms with E-state index in [0.717, 1.165) is 12.1 Å². The molecule has 0 radical (unpaired) electrons. The molecule has 0 saturated heterocycles. The van der Waals surface area contributed by atoms with Crippen molar-refractivity contribution in [2.45, 2.75) is 25.1 Å². The summed E-state index contributed by atoms with van der Waals surface area (Å²) < 4.78 is 37.6. The highest BCUT2D eigenvalue weighted by atomic mass is 19.4. The average molecular weight is 288 g/mol. The van der Waals surface area contributed by atoms with Gasteiger partial charge in [0.15, 0.2) is 0 Å². The molecule has 8 heteroatoms. The molecule has 1 aromatic carbocycles. The van der Waals surface area contributed by atoms with E-state index in [9.17, 15) is 22.8 Å². The highest BCUT2D eigenvalue weighted by Crippen LogP contribution is 2.35. The van der Waals surface area contributed by atoms with E-state index < -0.39 is 29.7 Å². The maximum absolute atomic E-state index is 12.5. The Balaban J connectivity index is 2.19. The number of benzene rings is 1. The lowest BCUT2D eigenvalue weighted by molar-refractivity contribution is -0.138. The molecule has 0 saturated carbocycles. The number of hydrogen-bond donors (Lipinski definition) is 3. The Morgan fingerprint density at radius 3 is 2.60 bits per heavy atom. The normalized spacial score (nSPS) is 17.9. The predicted octanol–water partition coefficient (Wildman–Crippen LogP) is 2.30. The molecule has 5 nitrogen and oxygen atoms in total. The number of carboxylic acids is 1. The van der Waals surface area contributed by atoms with Crippen molar-refractivity contribution < 1.29 is 27.9 Å². The van der Waals surface area contributed by atoms with E-state index in [-0.39, 0.29) is 18.5 Å². The predicted molar refractivity (Wildman–Crippen MR) is 64.4 cm³/mol. The zero-order valence-electron chi connectivity index (χ0n) is 10.1. The lowest BCUT2D eigenvalue weighted by atomic mass is 10.0. The summed E-state index contributed by atoms with van der Waals surface area (Å²) in [5, 5.41) is 13.7. The summed E-state index contributed by atoms with van der Waals surface area (Å²) in [6, 6.07) is 2.19. The Kier molecular flexibility index (Phi) is 3.56. The first kappa shape index (κ1) is 14.2. The molecule has 1 unspecified atom stereocenters. The Morgan fingerprint density at radius 1 is 1.30 bits per heavy atom. The molecular formula is C12H11F3N2O3. The first-order valence-electron chi connectivity index (χ1n) is 5.78. The average Bonchev–Trinajstić information content (AvgIpc) is 2.34. The third-order valence-corrected chi connectivity index (χ3v) is 2.90. The lowest BCUT2D eigenvalue weighted by Crippen LogP contribution is -2.39. The second-order valence-corrected chi connectivity index (χ2v) is 4.38. The first-order valence-corrected chi connectivity index (χ1v) is 5.78. The molecule has 0 spiro atoms. The van der Waals surface area contributed by atoms with Crippen molar-refractivity contribution in [3.05, 3.63) is 23.8 Å².